The molecule has 3 aromatic rings. The van der Waals surface area contributed by atoms with Crippen molar-refractivity contribution in [1.82, 2.24) is 4.98 Å². The number of nitrogens with one attached hydrogen (secondary N) is 1. The molecule has 0 aliphatic heterocycles. The number of fused-ring (bicyclic) bond motifs is 1. The number of carbonyl (C=O) groups excluding carboxylic acids is 2. The van der Waals surface area contributed by atoms with Crippen LogP contribution in [-0.4, -0.2) is 16.9 Å². The van der Waals surface area contributed by atoms with Gasteiger partial charge in [-0.25, -0.2) is 0 Å². The number of pyridine rings is 1. The minimum absolute atomic E-state index is 0.0620. The summed E-state index contributed by atoms with van der Waals surface area (Å²) in [6.07, 6.45) is 1.52. The van der Waals surface area contributed by atoms with Gasteiger partial charge in [0.15, 0.2) is 0 Å². The van der Waals surface area contributed by atoms with Crippen molar-refractivity contribution in [3.63, 3.8) is 0 Å². The van der Waals surface area contributed by atoms with Crippen LogP contribution in [-0.2, 0) is 4.79 Å². The maximum Gasteiger partial charge on any atom is 0.308 e. The monoisotopic (exact) mass is 309 g/mol. The van der Waals surface area contributed by atoms with E-state index in [9.17, 15) is 9.59 Å². The van der Waals surface area contributed by atoms with Crippen molar-refractivity contribution in [2.24, 2.45) is 0 Å². The molecule has 1 heterocycles. The van der Waals surface area contributed by atoms with Crippen LogP contribution in [0.4, 0.5) is 5.69 Å². The van der Waals surface area contributed by atoms with Crippen LogP contribution >= 0.6 is 0 Å². The number of ether oxygens (including phenoxy) is 1. The molecule has 1 N–H and O–H groups in total. The number of carbonyl (C=O) groups is 2. The van der Waals surface area contributed by atoms with Gasteiger partial charge in [-0.3, -0.25) is 14.6 Å². The molecule has 0 bridgehead atoms. The first kappa shape index (κ1) is 11.4. The predicted molar refractivity (Wildman–Crippen MR) is 87.4 cm³/mol. The van der Waals surface area contributed by atoms with E-state index in [0.717, 1.165) is 0 Å². The van der Waals surface area contributed by atoms with Crippen molar-refractivity contribution in [2.45, 2.75) is 6.85 Å². The molecule has 0 radical (unpaired) electrons. The Bertz CT molecular complexity index is 972. The van der Waals surface area contributed by atoms with Crippen LogP contribution in [0.5, 0.6) is 5.75 Å². The average Bonchev–Trinajstić information content (AvgIpc) is 2.63. The number of hydrogen-bond donors (Lipinski definition) is 1. The quantitative estimate of drug-likeness (QED) is 0.594. The van der Waals surface area contributed by atoms with Crippen molar-refractivity contribution in [3.8, 4) is 5.75 Å². The lowest BCUT2D eigenvalue weighted by molar-refractivity contribution is -0.131. The predicted octanol–water partition coefficient (Wildman–Crippen LogP) is 3.41. The van der Waals surface area contributed by atoms with Gasteiger partial charge in [-0.15, -0.1) is 0 Å². The van der Waals surface area contributed by atoms with E-state index in [1.807, 2.05) is 6.07 Å². The third-order valence-electron chi connectivity index (χ3n) is 3.22. The van der Waals surface area contributed by atoms with Gasteiger partial charge in [0.2, 0.25) is 0 Å². The fourth-order valence-electron chi connectivity index (χ4n) is 2.22. The Morgan fingerprint density at radius 3 is 2.70 bits per heavy atom. The zero-order chi connectivity index (χ0) is 18.7. The van der Waals surface area contributed by atoms with E-state index in [0.29, 0.717) is 22.2 Å². The van der Waals surface area contributed by atoms with Gasteiger partial charge < -0.3 is 10.1 Å². The Hall–Kier alpha value is -3.21. The Morgan fingerprint density at radius 2 is 1.91 bits per heavy atom. The summed E-state index contributed by atoms with van der Waals surface area (Å²) in [5.41, 5.74) is 1.28. The molecule has 0 fully saturated rings. The van der Waals surface area contributed by atoms with Crippen LogP contribution in [0.2, 0.25) is 0 Å². The largest absolute Gasteiger partial charge is 0.426 e. The number of rotatable bonds is 3. The Labute approximate surface area is 137 Å². The molecule has 0 spiro atoms. The second-order valence-corrected chi connectivity index (χ2v) is 4.72. The van der Waals surface area contributed by atoms with E-state index in [-0.39, 0.29) is 11.7 Å². The number of aromatic nitrogens is 1. The van der Waals surface area contributed by atoms with Crippen molar-refractivity contribution in [2.75, 3.05) is 5.32 Å². The topological polar surface area (TPSA) is 68.3 Å². The highest BCUT2D eigenvalue weighted by atomic mass is 16.5. The SMILES string of the molecule is [2H]C([2H])([2H])C(=O)Oc1ccc(NC(=O)c2ccccc2)c2ncccc12. The number of amides is 1. The molecule has 0 aliphatic rings. The maximum atomic E-state index is 12.4. The first-order valence-electron chi connectivity index (χ1n) is 8.33. The van der Waals surface area contributed by atoms with E-state index in [1.165, 1.54) is 18.3 Å². The lowest BCUT2D eigenvalue weighted by Gasteiger charge is -2.11. The normalized spacial score (nSPS) is 12.8. The van der Waals surface area contributed by atoms with Gasteiger partial charge in [-0.1, -0.05) is 18.2 Å². The zero-order valence-corrected chi connectivity index (χ0v) is 11.9. The molecule has 23 heavy (non-hydrogen) atoms. The molecule has 3 rings (SSSR count). The Morgan fingerprint density at radius 1 is 1.09 bits per heavy atom. The minimum atomic E-state index is -2.87. The molecule has 114 valence electrons. The maximum absolute atomic E-state index is 12.4. The summed E-state index contributed by atoms with van der Waals surface area (Å²) in [4.78, 5) is 28.2. The van der Waals surface area contributed by atoms with Gasteiger partial charge >= 0.3 is 5.97 Å². The van der Waals surface area contributed by atoms with Crippen LogP contribution in [0, 0.1) is 0 Å². The van der Waals surface area contributed by atoms with Crippen molar-refractivity contribution >= 4 is 28.5 Å². The molecule has 2 aromatic carbocycles. The fourth-order valence-corrected chi connectivity index (χ4v) is 2.22. The highest BCUT2D eigenvalue weighted by molar-refractivity contribution is 6.09. The molecule has 0 aliphatic carbocycles. The van der Waals surface area contributed by atoms with Crippen molar-refractivity contribution in [3.05, 3.63) is 66.4 Å². The van der Waals surface area contributed by atoms with E-state index >= 15 is 0 Å². The van der Waals surface area contributed by atoms with Gasteiger partial charge in [0, 0.05) is 28.1 Å². The second kappa shape index (κ2) is 6.27. The molecule has 0 saturated carbocycles. The van der Waals surface area contributed by atoms with Gasteiger partial charge in [0.25, 0.3) is 5.91 Å². The Kier molecular flexibility index (Phi) is 3.10. The summed E-state index contributed by atoms with van der Waals surface area (Å²) in [5, 5.41) is 3.17. The van der Waals surface area contributed by atoms with Crippen LogP contribution < -0.4 is 10.1 Å². The third-order valence-corrected chi connectivity index (χ3v) is 3.22. The number of esters is 1. The third kappa shape index (κ3) is 3.18. The minimum Gasteiger partial charge on any atom is -0.426 e. The highest BCUT2D eigenvalue weighted by Crippen LogP contribution is 2.30. The summed E-state index contributed by atoms with van der Waals surface area (Å²) in [6.45, 7) is -2.87. The van der Waals surface area contributed by atoms with Gasteiger partial charge in [-0.2, -0.15) is 0 Å². The van der Waals surface area contributed by atoms with Gasteiger partial charge in [-0.05, 0) is 36.4 Å². The summed E-state index contributed by atoms with van der Waals surface area (Å²) in [5.74, 6) is -1.58. The molecule has 1 aromatic heterocycles. The number of benzene rings is 2. The average molecular weight is 309 g/mol. The number of anilines is 1. The van der Waals surface area contributed by atoms with E-state index in [2.05, 4.69) is 10.3 Å². The Balaban J connectivity index is 1.95. The smallest absolute Gasteiger partial charge is 0.308 e. The molecule has 1 amide bonds. The summed E-state index contributed by atoms with van der Waals surface area (Å²) in [6, 6.07) is 14.9. The number of hydrogen-bond acceptors (Lipinski definition) is 4. The molecule has 5 nitrogen and oxygen atoms in total. The molecule has 0 unspecified atom stereocenters. The van der Waals surface area contributed by atoms with Crippen LogP contribution in [0.3, 0.4) is 0 Å². The van der Waals surface area contributed by atoms with Crippen LogP contribution in [0.1, 0.15) is 21.3 Å². The van der Waals surface area contributed by atoms with Crippen LogP contribution in [0.25, 0.3) is 10.9 Å². The standard InChI is InChI=1S/C18H14N2O3/c1-12(21)23-16-10-9-15(17-14(16)8-5-11-19-17)20-18(22)13-6-3-2-4-7-13/h2-11H,1H3,(H,20,22)/i1D3. The summed E-state index contributed by atoms with van der Waals surface area (Å²) in [7, 11) is 0. The lowest BCUT2D eigenvalue weighted by atomic mass is 10.1. The van der Waals surface area contributed by atoms with Gasteiger partial charge in [0.1, 0.15) is 5.75 Å². The van der Waals surface area contributed by atoms with Crippen molar-refractivity contribution < 1.29 is 18.4 Å². The van der Waals surface area contributed by atoms with E-state index in [1.54, 1.807) is 36.4 Å². The van der Waals surface area contributed by atoms with Crippen LogP contribution in [0.15, 0.2) is 60.8 Å². The molecule has 0 atom stereocenters. The van der Waals surface area contributed by atoms with Crippen molar-refractivity contribution in [1.29, 1.82) is 0 Å². The molecule has 5 heteroatoms. The van der Waals surface area contributed by atoms with E-state index in [4.69, 9.17) is 8.85 Å². The number of nitrogens with zero attached hydrogens (tertiary/aromatic N) is 1. The summed E-state index contributed by atoms with van der Waals surface area (Å²) < 4.78 is 26.3. The highest BCUT2D eigenvalue weighted by Gasteiger charge is 2.12. The molecular weight excluding hydrogens is 292 g/mol. The summed E-state index contributed by atoms with van der Waals surface area (Å²) >= 11 is 0. The fraction of sp³-hybridized carbons (Fsp3) is 0.0556. The zero-order valence-electron chi connectivity index (χ0n) is 14.9. The lowest BCUT2D eigenvalue weighted by Crippen LogP contribution is -2.12. The van der Waals surface area contributed by atoms with Gasteiger partial charge in [0.05, 0.1) is 11.2 Å². The second-order valence-electron chi connectivity index (χ2n) is 4.72. The first-order chi connectivity index (χ1) is 12.4. The van der Waals surface area contributed by atoms with E-state index < -0.39 is 12.8 Å². The molecular formula is C18H14N2O3. The first-order valence-corrected chi connectivity index (χ1v) is 6.83. The molecule has 0 saturated heterocycles.